The van der Waals surface area contributed by atoms with Gasteiger partial charge in [0, 0.05) is 30.5 Å². The summed E-state index contributed by atoms with van der Waals surface area (Å²) in [5, 5.41) is 11.4. The van der Waals surface area contributed by atoms with Gasteiger partial charge in [-0.1, -0.05) is 6.07 Å². The van der Waals surface area contributed by atoms with Crippen LogP contribution < -0.4 is 0 Å². The third kappa shape index (κ3) is 2.18. The number of aldehydes is 1. The van der Waals surface area contributed by atoms with E-state index in [9.17, 15) is 9.90 Å². The number of aromatic nitrogens is 1. The normalized spacial score (nSPS) is 21.0. The maximum Gasteiger partial charge on any atom is 0.166 e. The van der Waals surface area contributed by atoms with Crippen LogP contribution in [-0.4, -0.2) is 53.2 Å². The lowest BCUT2D eigenvalue weighted by Gasteiger charge is -2.41. The number of rotatable bonds is 3. The first kappa shape index (κ1) is 13.0. The van der Waals surface area contributed by atoms with Crippen LogP contribution in [0.2, 0.25) is 0 Å². The van der Waals surface area contributed by atoms with E-state index < -0.39 is 5.60 Å². The van der Waals surface area contributed by atoms with Gasteiger partial charge in [-0.25, -0.2) is 0 Å². The fourth-order valence-electron chi connectivity index (χ4n) is 3.41. The Labute approximate surface area is 122 Å². The number of hydrogen-bond acceptors (Lipinski definition) is 4. The van der Waals surface area contributed by atoms with Crippen molar-refractivity contribution < 1.29 is 14.6 Å². The van der Waals surface area contributed by atoms with Crippen LogP contribution in [0.4, 0.5) is 0 Å². The summed E-state index contributed by atoms with van der Waals surface area (Å²) in [7, 11) is 0. The predicted molar refractivity (Wildman–Crippen MR) is 78.4 cm³/mol. The molecule has 1 saturated heterocycles. The largest absolute Gasteiger partial charge is 0.384 e. The molecule has 0 saturated carbocycles. The van der Waals surface area contributed by atoms with Gasteiger partial charge < -0.3 is 14.8 Å². The van der Waals surface area contributed by atoms with Crippen LogP contribution in [-0.2, 0) is 17.7 Å². The maximum absolute atomic E-state index is 10.9. The Morgan fingerprint density at radius 1 is 1.43 bits per heavy atom. The van der Waals surface area contributed by atoms with E-state index in [-0.39, 0.29) is 0 Å². The zero-order valence-corrected chi connectivity index (χ0v) is 11.8. The average molecular weight is 286 g/mol. The molecule has 0 radical (unpaired) electrons. The highest BCUT2D eigenvalue weighted by Gasteiger charge is 2.38. The zero-order valence-electron chi connectivity index (χ0n) is 11.8. The molecule has 4 rings (SSSR count). The lowest BCUT2D eigenvalue weighted by atomic mass is 9.94. The van der Waals surface area contributed by atoms with Crippen LogP contribution in [0, 0.1) is 0 Å². The summed E-state index contributed by atoms with van der Waals surface area (Å²) >= 11 is 0. The third-order valence-electron chi connectivity index (χ3n) is 4.49. The monoisotopic (exact) mass is 286 g/mol. The van der Waals surface area contributed by atoms with Crippen molar-refractivity contribution in [1.82, 2.24) is 9.88 Å². The Bertz CT molecular complexity index is 703. The number of ether oxygens (including phenoxy) is 1. The van der Waals surface area contributed by atoms with Crippen LogP contribution in [0.1, 0.15) is 21.6 Å². The van der Waals surface area contributed by atoms with Crippen LogP contribution in [0.25, 0.3) is 10.9 Å². The molecule has 1 aromatic heterocycles. The van der Waals surface area contributed by atoms with Crippen molar-refractivity contribution in [3.8, 4) is 0 Å². The highest BCUT2D eigenvalue weighted by atomic mass is 16.5. The molecular formula is C16H18N2O3. The van der Waals surface area contributed by atoms with Crippen LogP contribution in [0.5, 0.6) is 0 Å². The molecule has 2 aliphatic heterocycles. The van der Waals surface area contributed by atoms with Crippen molar-refractivity contribution in [2.24, 2.45) is 0 Å². The van der Waals surface area contributed by atoms with E-state index in [0.29, 0.717) is 25.5 Å². The molecule has 5 heteroatoms. The lowest BCUT2D eigenvalue weighted by Crippen LogP contribution is -2.57. The lowest BCUT2D eigenvalue weighted by molar-refractivity contribution is -0.188. The summed E-state index contributed by atoms with van der Waals surface area (Å²) < 4.78 is 5.11. The number of aliphatic hydroxyl groups is 1. The van der Waals surface area contributed by atoms with Gasteiger partial charge in [0.25, 0.3) is 0 Å². The number of benzene rings is 1. The quantitative estimate of drug-likeness (QED) is 0.829. The van der Waals surface area contributed by atoms with Gasteiger partial charge >= 0.3 is 0 Å². The van der Waals surface area contributed by atoms with E-state index in [1.54, 1.807) is 0 Å². The summed E-state index contributed by atoms with van der Waals surface area (Å²) in [6.07, 6.45) is 1.80. The van der Waals surface area contributed by atoms with Gasteiger partial charge in [-0.15, -0.1) is 0 Å². The second kappa shape index (κ2) is 4.66. The Hall–Kier alpha value is -1.69. The minimum Gasteiger partial charge on any atom is -0.384 e. The molecule has 5 nitrogen and oxygen atoms in total. The Kier molecular flexibility index (Phi) is 2.89. The van der Waals surface area contributed by atoms with E-state index in [0.717, 1.165) is 36.7 Å². The zero-order chi connectivity index (χ0) is 14.4. The number of hydrogen-bond donors (Lipinski definition) is 2. The number of H-pyrrole nitrogens is 1. The molecule has 0 atom stereocenters. The number of aromatic amines is 1. The molecule has 110 valence electrons. The van der Waals surface area contributed by atoms with Crippen molar-refractivity contribution in [1.29, 1.82) is 0 Å². The third-order valence-corrected chi connectivity index (χ3v) is 4.49. The fourth-order valence-corrected chi connectivity index (χ4v) is 3.41. The molecular weight excluding hydrogens is 268 g/mol. The SMILES string of the molecule is O=Cc1cc2c3c(ccc2[nH]1)CN(CC1(O)COC1)CC3. The van der Waals surface area contributed by atoms with E-state index >= 15 is 0 Å². The Morgan fingerprint density at radius 2 is 2.29 bits per heavy atom. The summed E-state index contributed by atoms with van der Waals surface area (Å²) in [6.45, 7) is 3.31. The van der Waals surface area contributed by atoms with Gasteiger partial charge in [0.1, 0.15) is 5.60 Å². The summed E-state index contributed by atoms with van der Waals surface area (Å²) in [5.41, 5.74) is 3.59. The summed E-state index contributed by atoms with van der Waals surface area (Å²) in [5.74, 6) is 0. The van der Waals surface area contributed by atoms with Crippen LogP contribution >= 0.6 is 0 Å². The number of carbonyl (C=O) groups excluding carboxylic acids is 1. The van der Waals surface area contributed by atoms with E-state index in [1.165, 1.54) is 11.1 Å². The Morgan fingerprint density at radius 3 is 3.00 bits per heavy atom. The van der Waals surface area contributed by atoms with Gasteiger partial charge in [0.2, 0.25) is 0 Å². The first-order valence-electron chi connectivity index (χ1n) is 7.28. The summed E-state index contributed by atoms with van der Waals surface area (Å²) in [4.78, 5) is 16.3. The predicted octanol–water partition coefficient (Wildman–Crippen LogP) is 1.10. The molecule has 0 spiro atoms. The van der Waals surface area contributed by atoms with Gasteiger partial charge in [-0.2, -0.15) is 0 Å². The van der Waals surface area contributed by atoms with Crippen LogP contribution in [0.15, 0.2) is 18.2 Å². The summed E-state index contributed by atoms with van der Waals surface area (Å²) in [6, 6.07) is 6.09. The number of fused-ring (bicyclic) bond motifs is 3. The van der Waals surface area contributed by atoms with Gasteiger partial charge in [-0.3, -0.25) is 9.69 Å². The number of nitrogens with one attached hydrogen (secondary N) is 1. The molecule has 3 heterocycles. The molecule has 21 heavy (non-hydrogen) atoms. The fraction of sp³-hybridized carbons (Fsp3) is 0.438. The first-order chi connectivity index (χ1) is 10.2. The molecule has 1 aromatic carbocycles. The van der Waals surface area contributed by atoms with Crippen LogP contribution in [0.3, 0.4) is 0 Å². The van der Waals surface area contributed by atoms with Crippen molar-refractivity contribution in [3.05, 3.63) is 35.0 Å². The highest BCUT2D eigenvalue weighted by molar-refractivity contribution is 5.90. The molecule has 0 aliphatic carbocycles. The Balaban J connectivity index is 1.62. The van der Waals surface area contributed by atoms with E-state index in [2.05, 4.69) is 16.0 Å². The van der Waals surface area contributed by atoms with E-state index in [4.69, 9.17) is 4.74 Å². The molecule has 2 N–H and O–H groups in total. The molecule has 1 fully saturated rings. The van der Waals surface area contributed by atoms with Crippen molar-refractivity contribution in [2.45, 2.75) is 18.6 Å². The molecule has 2 aliphatic rings. The second-order valence-corrected chi connectivity index (χ2v) is 6.18. The van der Waals surface area contributed by atoms with Gasteiger partial charge in [0.15, 0.2) is 6.29 Å². The number of β-amino-alcohol motifs (C(OH)–C–C–N with tert-alkyl or cyclic N) is 1. The second-order valence-electron chi connectivity index (χ2n) is 6.18. The topological polar surface area (TPSA) is 65.6 Å². The maximum atomic E-state index is 10.9. The van der Waals surface area contributed by atoms with Crippen molar-refractivity contribution in [3.63, 3.8) is 0 Å². The standard InChI is InChI=1S/C16H18N2O3/c19-7-12-5-14-13-3-4-18(8-16(20)9-21-10-16)6-11(13)1-2-15(14)17-12/h1-2,5,7,17,20H,3-4,6,8-10H2. The number of carbonyl (C=O) groups is 1. The van der Waals surface area contributed by atoms with Crippen molar-refractivity contribution in [2.75, 3.05) is 26.3 Å². The van der Waals surface area contributed by atoms with Gasteiger partial charge in [-0.05, 0) is 29.7 Å². The molecule has 2 aromatic rings. The molecule has 0 amide bonds. The molecule has 0 bridgehead atoms. The van der Waals surface area contributed by atoms with Crippen molar-refractivity contribution >= 4 is 17.2 Å². The van der Waals surface area contributed by atoms with Gasteiger partial charge in [0.05, 0.1) is 18.9 Å². The minimum atomic E-state index is -0.666. The smallest absolute Gasteiger partial charge is 0.166 e. The van der Waals surface area contributed by atoms with E-state index in [1.807, 2.05) is 12.1 Å². The first-order valence-corrected chi connectivity index (χ1v) is 7.28. The average Bonchev–Trinajstić information content (AvgIpc) is 2.89. The highest BCUT2D eigenvalue weighted by Crippen LogP contribution is 2.29. The number of nitrogens with zero attached hydrogens (tertiary/aromatic N) is 1. The minimum absolute atomic E-state index is 0.440. The molecule has 0 unspecified atom stereocenters.